The fraction of sp³-hybridized carbons (Fsp3) is 0.267. The van der Waals surface area contributed by atoms with Gasteiger partial charge in [-0.15, -0.1) is 0 Å². The third-order valence-electron chi connectivity index (χ3n) is 3.22. The lowest BCUT2D eigenvalue weighted by Crippen LogP contribution is -2.26. The summed E-state index contributed by atoms with van der Waals surface area (Å²) in [6.45, 7) is -0.0385. The molecule has 0 atom stereocenters. The van der Waals surface area contributed by atoms with Crippen molar-refractivity contribution >= 4 is 23.3 Å². The third kappa shape index (κ3) is 4.94. The Bertz CT molecular complexity index is 817. The molecule has 2 aromatic rings. The minimum absolute atomic E-state index is 0.0385. The largest absolute Gasteiger partial charge is 0.419 e. The molecule has 7 nitrogen and oxygen atoms in total. The summed E-state index contributed by atoms with van der Waals surface area (Å²) in [7, 11) is 3.16. The van der Waals surface area contributed by atoms with Crippen LogP contribution in [0.1, 0.15) is 5.56 Å². The van der Waals surface area contributed by atoms with Crippen molar-refractivity contribution < 1.29 is 27.2 Å². The van der Waals surface area contributed by atoms with E-state index in [9.17, 15) is 27.2 Å². The number of halogens is 4. The molecule has 1 aromatic carbocycles. The fourth-order valence-corrected chi connectivity index (χ4v) is 1.91. The Balaban J connectivity index is 2.01. The Morgan fingerprint density at radius 1 is 1.19 bits per heavy atom. The molecule has 2 N–H and O–H groups in total. The SMILES string of the molecule is CN(C)C(=O)Cn1cc(NC(=O)Nc2ccc(F)c(C(F)(F)F)c2)cn1. The van der Waals surface area contributed by atoms with E-state index in [1.807, 2.05) is 0 Å². The summed E-state index contributed by atoms with van der Waals surface area (Å²) in [6.07, 6.45) is -2.22. The monoisotopic (exact) mass is 373 g/mol. The van der Waals surface area contributed by atoms with Gasteiger partial charge in [0.15, 0.2) is 0 Å². The number of carbonyl (C=O) groups is 2. The molecule has 0 aliphatic carbocycles. The highest BCUT2D eigenvalue weighted by atomic mass is 19.4. The third-order valence-corrected chi connectivity index (χ3v) is 3.22. The molecule has 0 spiro atoms. The molecule has 0 fully saturated rings. The number of aromatic nitrogens is 2. The van der Waals surface area contributed by atoms with Crippen molar-refractivity contribution in [1.29, 1.82) is 0 Å². The summed E-state index contributed by atoms with van der Waals surface area (Å²) in [5.41, 5.74) is -1.48. The van der Waals surface area contributed by atoms with Crippen LogP contribution in [0.15, 0.2) is 30.6 Å². The standard InChI is InChI=1S/C15H15F4N5O2/c1-23(2)13(25)8-24-7-10(6-20-24)22-14(26)21-9-3-4-12(16)11(5-9)15(17,18)19/h3-7H,8H2,1-2H3,(H2,21,22,26). The number of alkyl halides is 3. The topological polar surface area (TPSA) is 79.3 Å². The first kappa shape index (κ1) is 19.2. The van der Waals surface area contributed by atoms with Gasteiger partial charge < -0.3 is 15.5 Å². The van der Waals surface area contributed by atoms with Gasteiger partial charge in [0.2, 0.25) is 5.91 Å². The van der Waals surface area contributed by atoms with Crippen LogP contribution in [0, 0.1) is 5.82 Å². The van der Waals surface area contributed by atoms with E-state index in [1.54, 1.807) is 14.1 Å². The predicted molar refractivity (Wildman–Crippen MR) is 85.0 cm³/mol. The second-order valence-electron chi connectivity index (χ2n) is 5.49. The second kappa shape index (κ2) is 7.42. The van der Waals surface area contributed by atoms with E-state index in [1.165, 1.54) is 22.0 Å². The van der Waals surface area contributed by atoms with Crippen LogP contribution >= 0.6 is 0 Å². The molecule has 0 bridgehead atoms. The number of urea groups is 1. The second-order valence-corrected chi connectivity index (χ2v) is 5.49. The van der Waals surface area contributed by atoms with E-state index in [0.717, 1.165) is 6.07 Å². The molecule has 1 heterocycles. The molecule has 1 aromatic heterocycles. The smallest absolute Gasteiger partial charge is 0.347 e. The number of nitrogens with zero attached hydrogens (tertiary/aromatic N) is 3. The van der Waals surface area contributed by atoms with Crippen LogP contribution in [-0.2, 0) is 17.5 Å². The van der Waals surface area contributed by atoms with Gasteiger partial charge in [-0.2, -0.15) is 18.3 Å². The Hall–Kier alpha value is -3.11. The summed E-state index contributed by atoms with van der Waals surface area (Å²) < 4.78 is 52.5. The van der Waals surface area contributed by atoms with E-state index in [4.69, 9.17) is 0 Å². The molecule has 140 valence electrons. The summed E-state index contributed by atoms with van der Waals surface area (Å²) in [6, 6.07) is 1.27. The van der Waals surface area contributed by atoms with Gasteiger partial charge in [0.25, 0.3) is 0 Å². The van der Waals surface area contributed by atoms with Crippen LogP contribution in [0.5, 0.6) is 0 Å². The molecule has 0 saturated heterocycles. The van der Waals surface area contributed by atoms with E-state index >= 15 is 0 Å². The Morgan fingerprint density at radius 2 is 1.85 bits per heavy atom. The van der Waals surface area contributed by atoms with Gasteiger partial charge >= 0.3 is 12.2 Å². The zero-order chi connectivity index (χ0) is 19.5. The van der Waals surface area contributed by atoms with Crippen LogP contribution < -0.4 is 10.6 Å². The number of carbonyl (C=O) groups excluding carboxylic acids is 2. The molecular formula is C15H15F4N5O2. The average molecular weight is 373 g/mol. The van der Waals surface area contributed by atoms with Crippen molar-refractivity contribution in [2.45, 2.75) is 12.7 Å². The fourth-order valence-electron chi connectivity index (χ4n) is 1.91. The van der Waals surface area contributed by atoms with Crippen molar-refractivity contribution in [3.8, 4) is 0 Å². The maximum atomic E-state index is 13.2. The number of hydrogen-bond donors (Lipinski definition) is 2. The summed E-state index contributed by atoms with van der Waals surface area (Å²) in [5.74, 6) is -1.65. The Labute approximate surface area is 145 Å². The average Bonchev–Trinajstić information content (AvgIpc) is 2.94. The Kier molecular flexibility index (Phi) is 5.48. The van der Waals surface area contributed by atoms with Crippen molar-refractivity contribution in [2.24, 2.45) is 0 Å². The minimum atomic E-state index is -4.88. The molecule has 0 aliphatic heterocycles. The van der Waals surface area contributed by atoms with E-state index in [2.05, 4.69) is 15.7 Å². The van der Waals surface area contributed by atoms with Gasteiger partial charge in [-0.3, -0.25) is 9.48 Å². The van der Waals surface area contributed by atoms with Crippen molar-refractivity contribution in [3.63, 3.8) is 0 Å². The molecule has 0 saturated carbocycles. The Morgan fingerprint density at radius 3 is 2.46 bits per heavy atom. The molecule has 0 radical (unpaired) electrons. The lowest BCUT2D eigenvalue weighted by molar-refractivity contribution is -0.140. The van der Waals surface area contributed by atoms with Gasteiger partial charge in [-0.05, 0) is 18.2 Å². The molecule has 2 rings (SSSR count). The summed E-state index contributed by atoms with van der Waals surface area (Å²) in [4.78, 5) is 24.8. The number of rotatable bonds is 4. The van der Waals surface area contributed by atoms with E-state index < -0.39 is 23.6 Å². The lowest BCUT2D eigenvalue weighted by atomic mass is 10.2. The maximum absolute atomic E-state index is 13.2. The summed E-state index contributed by atoms with van der Waals surface area (Å²) >= 11 is 0. The number of nitrogens with one attached hydrogen (secondary N) is 2. The van der Waals surface area contributed by atoms with Crippen LogP contribution in [0.25, 0.3) is 0 Å². The zero-order valence-corrected chi connectivity index (χ0v) is 13.8. The van der Waals surface area contributed by atoms with Crippen LogP contribution in [-0.4, -0.2) is 40.7 Å². The van der Waals surface area contributed by atoms with Crippen molar-refractivity contribution in [2.75, 3.05) is 24.7 Å². The van der Waals surface area contributed by atoms with E-state index in [0.29, 0.717) is 12.1 Å². The van der Waals surface area contributed by atoms with Crippen LogP contribution in [0.4, 0.5) is 33.7 Å². The molecule has 11 heteroatoms. The first-order chi connectivity index (χ1) is 12.1. The molecular weight excluding hydrogens is 358 g/mol. The normalized spacial score (nSPS) is 11.2. The number of amides is 3. The lowest BCUT2D eigenvalue weighted by Gasteiger charge is -2.11. The number of anilines is 2. The van der Waals surface area contributed by atoms with Gasteiger partial charge in [0.05, 0.1) is 17.4 Å². The number of likely N-dealkylation sites (N-methyl/N-ethyl adjacent to an activating group) is 1. The highest BCUT2D eigenvalue weighted by molar-refractivity contribution is 5.99. The van der Waals surface area contributed by atoms with Crippen molar-refractivity contribution in [3.05, 3.63) is 42.0 Å². The number of benzene rings is 1. The minimum Gasteiger partial charge on any atom is -0.347 e. The van der Waals surface area contributed by atoms with Gasteiger partial charge in [0, 0.05) is 26.0 Å². The molecule has 26 heavy (non-hydrogen) atoms. The zero-order valence-electron chi connectivity index (χ0n) is 13.8. The number of hydrogen-bond acceptors (Lipinski definition) is 3. The first-order valence-corrected chi connectivity index (χ1v) is 7.23. The molecule has 0 aliphatic rings. The van der Waals surface area contributed by atoms with Crippen molar-refractivity contribution in [1.82, 2.24) is 14.7 Å². The predicted octanol–water partition coefficient (Wildman–Crippen LogP) is 2.77. The summed E-state index contributed by atoms with van der Waals surface area (Å²) in [5, 5.41) is 8.41. The maximum Gasteiger partial charge on any atom is 0.419 e. The van der Waals surface area contributed by atoms with Gasteiger partial charge in [-0.25, -0.2) is 9.18 Å². The van der Waals surface area contributed by atoms with Gasteiger partial charge in [0.1, 0.15) is 12.4 Å². The molecule has 3 amide bonds. The van der Waals surface area contributed by atoms with Crippen LogP contribution in [0.2, 0.25) is 0 Å². The van der Waals surface area contributed by atoms with Crippen LogP contribution in [0.3, 0.4) is 0 Å². The van der Waals surface area contributed by atoms with E-state index in [-0.39, 0.29) is 23.8 Å². The highest BCUT2D eigenvalue weighted by Gasteiger charge is 2.34. The quantitative estimate of drug-likeness (QED) is 0.809. The van der Waals surface area contributed by atoms with Gasteiger partial charge in [-0.1, -0.05) is 0 Å². The molecule has 0 unspecified atom stereocenters. The first-order valence-electron chi connectivity index (χ1n) is 7.23. The highest BCUT2D eigenvalue weighted by Crippen LogP contribution is 2.33.